The van der Waals surface area contributed by atoms with Crippen LogP contribution in [0.3, 0.4) is 0 Å². The van der Waals surface area contributed by atoms with Crippen LogP contribution in [-0.2, 0) is 18.3 Å². The minimum Gasteiger partial charge on any atom is -0.361 e. The molecule has 1 aliphatic rings. The van der Waals surface area contributed by atoms with Crippen LogP contribution in [0.15, 0.2) is 34.9 Å². The van der Waals surface area contributed by atoms with Crippen molar-refractivity contribution in [2.45, 2.75) is 32.1 Å². The fourth-order valence-electron chi connectivity index (χ4n) is 3.70. The predicted molar refractivity (Wildman–Crippen MR) is 94.2 cm³/mol. The van der Waals surface area contributed by atoms with Gasteiger partial charge in [0.15, 0.2) is 0 Å². The number of piperidine rings is 1. The Balaban J connectivity index is 1.52. The van der Waals surface area contributed by atoms with Gasteiger partial charge in [0.1, 0.15) is 11.6 Å². The number of amides is 1. The highest BCUT2D eigenvalue weighted by molar-refractivity contribution is 5.78. The normalized spacial score (nSPS) is 18.0. The molecule has 0 aliphatic carbocycles. The van der Waals surface area contributed by atoms with Gasteiger partial charge in [-0.2, -0.15) is 0 Å². The average Bonchev–Trinajstić information content (AvgIpc) is 3.19. The van der Waals surface area contributed by atoms with Crippen molar-refractivity contribution in [3.8, 4) is 0 Å². The van der Waals surface area contributed by atoms with Crippen molar-refractivity contribution >= 4 is 16.9 Å². The van der Waals surface area contributed by atoms with Crippen molar-refractivity contribution in [3.05, 3.63) is 47.6 Å². The van der Waals surface area contributed by atoms with Crippen LogP contribution >= 0.6 is 0 Å². The number of benzene rings is 1. The summed E-state index contributed by atoms with van der Waals surface area (Å²) in [4.78, 5) is 19.4. The van der Waals surface area contributed by atoms with Gasteiger partial charge in [0.05, 0.1) is 23.1 Å². The molecule has 0 radical (unpaired) electrons. The third kappa shape index (κ3) is 3.04. The highest BCUT2D eigenvalue weighted by Crippen LogP contribution is 2.29. The zero-order valence-electron chi connectivity index (χ0n) is 14.6. The maximum atomic E-state index is 12.6. The number of rotatable bonds is 3. The van der Waals surface area contributed by atoms with Crippen molar-refractivity contribution in [3.63, 3.8) is 0 Å². The lowest BCUT2D eigenvalue weighted by atomic mass is 9.96. The Labute approximate surface area is 146 Å². The van der Waals surface area contributed by atoms with Gasteiger partial charge in [0, 0.05) is 32.1 Å². The summed E-state index contributed by atoms with van der Waals surface area (Å²) in [7, 11) is 2.06. The van der Waals surface area contributed by atoms with Crippen molar-refractivity contribution in [2.24, 2.45) is 7.05 Å². The molecule has 2 aromatic heterocycles. The number of aryl methyl sites for hydroxylation is 2. The summed E-state index contributed by atoms with van der Waals surface area (Å²) in [6.07, 6.45) is 2.33. The first-order valence-electron chi connectivity index (χ1n) is 8.73. The number of hydrogen-bond acceptors (Lipinski definition) is 4. The Bertz CT molecular complexity index is 911. The third-order valence-electron chi connectivity index (χ3n) is 4.96. The van der Waals surface area contributed by atoms with E-state index in [-0.39, 0.29) is 18.2 Å². The molecule has 0 unspecified atom stereocenters. The predicted octanol–water partition coefficient (Wildman–Crippen LogP) is 2.82. The Kier molecular flexibility index (Phi) is 4.03. The second-order valence-electron chi connectivity index (χ2n) is 6.81. The fourth-order valence-corrected chi connectivity index (χ4v) is 3.70. The van der Waals surface area contributed by atoms with Crippen LogP contribution in [0.1, 0.15) is 36.0 Å². The number of nitrogens with zero attached hydrogens (tertiary/aromatic N) is 4. The zero-order chi connectivity index (χ0) is 17.4. The van der Waals surface area contributed by atoms with Crippen LogP contribution in [0.5, 0.6) is 0 Å². The van der Waals surface area contributed by atoms with E-state index in [1.807, 2.05) is 36.1 Å². The second-order valence-corrected chi connectivity index (χ2v) is 6.81. The van der Waals surface area contributed by atoms with E-state index < -0.39 is 0 Å². The molecule has 0 bridgehead atoms. The summed E-state index contributed by atoms with van der Waals surface area (Å²) in [5.74, 6) is 2.06. The van der Waals surface area contributed by atoms with E-state index in [0.29, 0.717) is 12.3 Å². The molecule has 1 atom stereocenters. The molecule has 0 N–H and O–H groups in total. The lowest BCUT2D eigenvalue weighted by molar-refractivity contribution is -0.132. The smallest absolute Gasteiger partial charge is 0.230 e. The standard InChI is InChI=1S/C19H22N4O2/c1-13-10-15(25-21-13)11-18(24)23-9-5-6-14(12-23)19-20-16-7-3-4-8-17(16)22(19)2/h3-4,7-8,10,14H,5-6,9,11-12H2,1-2H3/t14-/m1/s1. The summed E-state index contributed by atoms with van der Waals surface area (Å²) < 4.78 is 7.34. The van der Waals surface area contributed by atoms with E-state index in [1.165, 1.54) is 0 Å². The van der Waals surface area contributed by atoms with Gasteiger partial charge in [-0.1, -0.05) is 17.3 Å². The van der Waals surface area contributed by atoms with Crippen LogP contribution in [-0.4, -0.2) is 38.6 Å². The van der Waals surface area contributed by atoms with E-state index >= 15 is 0 Å². The number of para-hydroxylation sites is 2. The molecule has 3 aromatic rings. The number of hydrogen-bond donors (Lipinski definition) is 0. The topological polar surface area (TPSA) is 64.2 Å². The number of carbonyl (C=O) groups excluding carboxylic acids is 1. The van der Waals surface area contributed by atoms with Gasteiger partial charge in [0.2, 0.25) is 5.91 Å². The van der Waals surface area contributed by atoms with Gasteiger partial charge in [0.25, 0.3) is 0 Å². The first-order valence-corrected chi connectivity index (χ1v) is 8.73. The molecule has 1 amide bonds. The first kappa shape index (κ1) is 15.9. The van der Waals surface area contributed by atoms with Crippen LogP contribution in [0.2, 0.25) is 0 Å². The molecule has 1 aliphatic heterocycles. The van der Waals surface area contributed by atoms with Crippen molar-refractivity contribution < 1.29 is 9.32 Å². The fraction of sp³-hybridized carbons (Fsp3) is 0.421. The quantitative estimate of drug-likeness (QED) is 0.737. The van der Waals surface area contributed by atoms with Gasteiger partial charge in [-0.15, -0.1) is 0 Å². The Morgan fingerprint density at radius 3 is 2.96 bits per heavy atom. The summed E-state index contributed by atoms with van der Waals surface area (Å²) >= 11 is 0. The molecule has 3 heterocycles. The van der Waals surface area contributed by atoms with E-state index in [2.05, 4.69) is 22.8 Å². The third-order valence-corrected chi connectivity index (χ3v) is 4.96. The minimum atomic E-state index is 0.0969. The lowest BCUT2D eigenvalue weighted by Gasteiger charge is -2.32. The maximum Gasteiger partial charge on any atom is 0.230 e. The molecule has 6 nitrogen and oxygen atoms in total. The maximum absolute atomic E-state index is 12.6. The monoisotopic (exact) mass is 338 g/mol. The van der Waals surface area contributed by atoms with E-state index in [4.69, 9.17) is 9.51 Å². The molecular weight excluding hydrogens is 316 g/mol. The van der Waals surface area contributed by atoms with Crippen LogP contribution in [0, 0.1) is 6.92 Å². The largest absolute Gasteiger partial charge is 0.361 e. The Morgan fingerprint density at radius 2 is 2.20 bits per heavy atom. The molecule has 0 spiro atoms. The molecule has 1 aromatic carbocycles. The number of fused-ring (bicyclic) bond motifs is 1. The van der Waals surface area contributed by atoms with Crippen molar-refractivity contribution in [2.75, 3.05) is 13.1 Å². The number of carbonyl (C=O) groups is 1. The molecule has 1 saturated heterocycles. The van der Waals surface area contributed by atoms with E-state index in [1.54, 1.807) is 0 Å². The summed E-state index contributed by atoms with van der Waals surface area (Å²) in [6, 6.07) is 9.99. The van der Waals surface area contributed by atoms with Crippen molar-refractivity contribution in [1.82, 2.24) is 19.6 Å². The van der Waals surface area contributed by atoms with Gasteiger partial charge < -0.3 is 14.0 Å². The first-order chi connectivity index (χ1) is 12.1. The van der Waals surface area contributed by atoms with Crippen LogP contribution in [0.4, 0.5) is 0 Å². The lowest BCUT2D eigenvalue weighted by Crippen LogP contribution is -2.40. The molecular formula is C19H22N4O2. The minimum absolute atomic E-state index is 0.0969. The molecule has 1 fully saturated rings. The summed E-state index contributed by atoms with van der Waals surface area (Å²) in [5.41, 5.74) is 2.96. The van der Waals surface area contributed by atoms with E-state index in [0.717, 1.165) is 41.9 Å². The van der Waals surface area contributed by atoms with Gasteiger partial charge in [-0.05, 0) is 31.9 Å². The SMILES string of the molecule is Cc1cc(CC(=O)N2CCC[C@@H](c3nc4ccccc4n3C)C2)on1. The van der Waals surface area contributed by atoms with E-state index in [9.17, 15) is 4.79 Å². The molecule has 6 heteroatoms. The number of likely N-dealkylation sites (tertiary alicyclic amines) is 1. The number of aromatic nitrogens is 3. The number of imidazole rings is 1. The van der Waals surface area contributed by atoms with Crippen LogP contribution < -0.4 is 0 Å². The molecule has 25 heavy (non-hydrogen) atoms. The van der Waals surface area contributed by atoms with Gasteiger partial charge >= 0.3 is 0 Å². The Hall–Kier alpha value is -2.63. The summed E-state index contributed by atoms with van der Waals surface area (Å²) in [6.45, 7) is 3.37. The molecule has 130 valence electrons. The van der Waals surface area contributed by atoms with Gasteiger partial charge in [-0.3, -0.25) is 4.79 Å². The summed E-state index contributed by atoms with van der Waals surface area (Å²) in [5, 5.41) is 3.85. The highest BCUT2D eigenvalue weighted by Gasteiger charge is 2.28. The van der Waals surface area contributed by atoms with Gasteiger partial charge in [-0.25, -0.2) is 4.98 Å². The average molecular weight is 338 g/mol. The molecule has 4 rings (SSSR count). The van der Waals surface area contributed by atoms with Crippen LogP contribution in [0.25, 0.3) is 11.0 Å². The Morgan fingerprint density at radius 1 is 1.36 bits per heavy atom. The van der Waals surface area contributed by atoms with Crippen molar-refractivity contribution in [1.29, 1.82) is 0 Å². The zero-order valence-corrected chi connectivity index (χ0v) is 14.6. The molecule has 0 saturated carbocycles. The highest BCUT2D eigenvalue weighted by atomic mass is 16.5. The second kappa shape index (κ2) is 6.35.